The van der Waals surface area contributed by atoms with Gasteiger partial charge in [0.1, 0.15) is 12.1 Å². The summed E-state index contributed by atoms with van der Waals surface area (Å²) in [5, 5.41) is 3.20. The number of benzene rings is 1. The van der Waals surface area contributed by atoms with Crippen LogP contribution in [0.2, 0.25) is 0 Å². The molecule has 0 unspecified atom stereocenters. The van der Waals surface area contributed by atoms with Gasteiger partial charge < -0.3 is 5.32 Å². The summed E-state index contributed by atoms with van der Waals surface area (Å²) in [7, 11) is 0. The Morgan fingerprint density at radius 1 is 1.11 bits per heavy atom. The Morgan fingerprint density at radius 2 is 1.74 bits per heavy atom. The van der Waals surface area contributed by atoms with E-state index in [9.17, 15) is 24.0 Å². The number of carbonyl (C=O) groups excluding carboxylic acids is 5. The summed E-state index contributed by atoms with van der Waals surface area (Å²) in [6.07, 6.45) is 1.05. The summed E-state index contributed by atoms with van der Waals surface area (Å²) in [6.45, 7) is 1.07. The first-order valence-electron chi connectivity index (χ1n) is 8.63. The molecule has 9 nitrogen and oxygen atoms in total. The van der Waals surface area contributed by atoms with E-state index < -0.39 is 41.7 Å². The Labute approximate surface area is 155 Å². The lowest BCUT2D eigenvalue weighted by molar-refractivity contribution is -0.144. The van der Waals surface area contributed by atoms with E-state index in [1.165, 1.54) is 0 Å². The highest BCUT2D eigenvalue weighted by Crippen LogP contribution is 2.22. The van der Waals surface area contributed by atoms with Crippen LogP contribution in [0, 0.1) is 0 Å². The van der Waals surface area contributed by atoms with Crippen LogP contribution in [0.25, 0.3) is 0 Å². The largest absolute Gasteiger partial charge is 0.344 e. The van der Waals surface area contributed by atoms with E-state index in [-0.39, 0.29) is 12.8 Å². The van der Waals surface area contributed by atoms with Crippen molar-refractivity contribution in [2.75, 3.05) is 6.54 Å². The van der Waals surface area contributed by atoms with Crippen LogP contribution in [0.5, 0.6) is 0 Å². The van der Waals surface area contributed by atoms with E-state index in [0.717, 1.165) is 10.5 Å². The van der Waals surface area contributed by atoms with Gasteiger partial charge in [-0.25, -0.2) is 4.79 Å². The number of hydrogen-bond acceptors (Lipinski definition) is 5. The minimum absolute atomic E-state index is 0.0623. The van der Waals surface area contributed by atoms with Crippen molar-refractivity contribution >= 4 is 29.7 Å². The Kier molecular flexibility index (Phi) is 4.93. The van der Waals surface area contributed by atoms with Gasteiger partial charge in [0.05, 0.1) is 0 Å². The molecule has 0 saturated carbocycles. The SMILES string of the molecule is C[C@@]1(CCc2ccccc2)NC(=O)N(NC(=O)CN2C(=O)CCC2=O)C1=O. The fourth-order valence-electron chi connectivity index (χ4n) is 3.10. The number of nitrogens with zero attached hydrogens (tertiary/aromatic N) is 2. The number of aryl methyl sites for hydroxylation is 1. The second-order valence-electron chi connectivity index (χ2n) is 6.80. The topological polar surface area (TPSA) is 116 Å². The van der Waals surface area contributed by atoms with Crippen LogP contribution in [0.15, 0.2) is 30.3 Å². The lowest BCUT2D eigenvalue weighted by atomic mass is 9.93. The molecule has 0 radical (unpaired) electrons. The molecule has 1 aromatic rings. The average molecular weight is 372 g/mol. The first-order chi connectivity index (χ1) is 12.8. The highest BCUT2D eigenvalue weighted by atomic mass is 16.2. The predicted molar refractivity (Wildman–Crippen MR) is 92.6 cm³/mol. The standard InChI is InChI=1S/C18H20N4O5/c1-18(10-9-12-5-3-2-4-6-12)16(26)22(17(27)19-18)20-13(23)11-21-14(24)7-8-15(21)25/h2-6H,7-11H2,1H3,(H,19,27)(H,20,23)/t18-/m0/s1. The zero-order valence-corrected chi connectivity index (χ0v) is 14.9. The first kappa shape index (κ1) is 18.6. The number of nitrogens with one attached hydrogen (secondary N) is 2. The maximum Gasteiger partial charge on any atom is 0.344 e. The molecule has 1 aromatic carbocycles. The van der Waals surface area contributed by atoms with Crippen molar-refractivity contribution in [3.8, 4) is 0 Å². The molecule has 2 aliphatic rings. The molecule has 1 atom stereocenters. The zero-order valence-electron chi connectivity index (χ0n) is 14.9. The number of rotatable bonds is 6. The summed E-state index contributed by atoms with van der Waals surface area (Å²) < 4.78 is 0. The van der Waals surface area contributed by atoms with Crippen molar-refractivity contribution in [3.05, 3.63) is 35.9 Å². The molecule has 9 heteroatoms. The summed E-state index contributed by atoms with van der Waals surface area (Å²) in [6, 6.07) is 8.77. The zero-order chi connectivity index (χ0) is 19.6. The molecular weight excluding hydrogens is 352 g/mol. The molecule has 3 rings (SSSR count). The third-order valence-corrected chi connectivity index (χ3v) is 4.71. The molecule has 2 aliphatic heterocycles. The molecule has 0 aliphatic carbocycles. The average Bonchev–Trinajstić information content (AvgIpc) is 3.06. The quantitative estimate of drug-likeness (QED) is 0.543. The molecule has 6 amide bonds. The van der Waals surface area contributed by atoms with Gasteiger partial charge in [-0.15, -0.1) is 0 Å². The van der Waals surface area contributed by atoms with E-state index in [4.69, 9.17) is 0 Å². The smallest absolute Gasteiger partial charge is 0.322 e. The number of amides is 6. The fourth-order valence-corrected chi connectivity index (χ4v) is 3.10. The van der Waals surface area contributed by atoms with Crippen LogP contribution < -0.4 is 10.7 Å². The molecule has 0 spiro atoms. The van der Waals surface area contributed by atoms with E-state index in [0.29, 0.717) is 17.9 Å². The second kappa shape index (κ2) is 7.18. The third kappa shape index (κ3) is 3.81. The van der Waals surface area contributed by atoms with E-state index in [2.05, 4.69) is 10.7 Å². The van der Waals surface area contributed by atoms with Crippen molar-refractivity contribution in [1.29, 1.82) is 0 Å². The molecule has 2 fully saturated rings. The molecule has 2 saturated heterocycles. The van der Waals surface area contributed by atoms with Crippen LogP contribution >= 0.6 is 0 Å². The number of hydrogen-bond donors (Lipinski definition) is 2. The summed E-state index contributed by atoms with van der Waals surface area (Å²) in [5.74, 6) is -2.26. The van der Waals surface area contributed by atoms with E-state index in [1.807, 2.05) is 30.3 Å². The normalized spacial score (nSPS) is 22.4. The van der Waals surface area contributed by atoms with E-state index in [1.54, 1.807) is 6.92 Å². The van der Waals surface area contributed by atoms with Crippen LogP contribution in [0.3, 0.4) is 0 Å². The lowest BCUT2D eigenvalue weighted by Gasteiger charge is -2.22. The number of likely N-dealkylation sites (tertiary alicyclic amines) is 1. The summed E-state index contributed by atoms with van der Waals surface area (Å²) in [5.41, 5.74) is 2.06. The van der Waals surface area contributed by atoms with E-state index >= 15 is 0 Å². The Bertz CT molecular complexity index is 793. The Hall–Kier alpha value is -3.23. The fraction of sp³-hybridized carbons (Fsp3) is 0.389. The van der Waals surface area contributed by atoms with Gasteiger partial charge >= 0.3 is 6.03 Å². The summed E-state index contributed by atoms with van der Waals surface area (Å²) in [4.78, 5) is 60.9. The molecule has 2 N–H and O–H groups in total. The van der Waals surface area contributed by atoms with Crippen molar-refractivity contribution in [2.24, 2.45) is 0 Å². The maximum atomic E-state index is 12.6. The highest BCUT2D eigenvalue weighted by molar-refractivity contribution is 6.08. The number of urea groups is 1. The van der Waals surface area contributed by atoms with Crippen molar-refractivity contribution in [1.82, 2.24) is 20.7 Å². The minimum atomic E-state index is -1.15. The third-order valence-electron chi connectivity index (χ3n) is 4.71. The van der Waals surface area contributed by atoms with Crippen LogP contribution in [-0.4, -0.2) is 51.7 Å². The lowest BCUT2D eigenvalue weighted by Crippen LogP contribution is -2.51. The van der Waals surface area contributed by atoms with Gasteiger partial charge in [-0.3, -0.25) is 29.5 Å². The number of imide groups is 2. The minimum Gasteiger partial charge on any atom is -0.322 e. The van der Waals surface area contributed by atoms with Crippen LogP contribution in [0.1, 0.15) is 31.7 Å². The van der Waals surface area contributed by atoms with Gasteiger partial charge in [0, 0.05) is 12.8 Å². The first-order valence-corrected chi connectivity index (χ1v) is 8.63. The molecule has 142 valence electrons. The number of hydrazine groups is 1. The van der Waals surface area contributed by atoms with Crippen LogP contribution in [0.4, 0.5) is 4.79 Å². The molecule has 0 bridgehead atoms. The molecule has 0 aromatic heterocycles. The monoisotopic (exact) mass is 372 g/mol. The molecular formula is C18H20N4O5. The van der Waals surface area contributed by atoms with Gasteiger partial charge in [-0.05, 0) is 25.3 Å². The van der Waals surface area contributed by atoms with Gasteiger partial charge in [0.15, 0.2) is 0 Å². The van der Waals surface area contributed by atoms with Gasteiger partial charge in [0.25, 0.3) is 11.8 Å². The van der Waals surface area contributed by atoms with Gasteiger partial charge in [-0.2, -0.15) is 5.01 Å². The van der Waals surface area contributed by atoms with Crippen molar-refractivity contribution in [3.63, 3.8) is 0 Å². The van der Waals surface area contributed by atoms with Gasteiger partial charge in [-0.1, -0.05) is 30.3 Å². The van der Waals surface area contributed by atoms with Crippen molar-refractivity contribution < 1.29 is 24.0 Å². The summed E-state index contributed by atoms with van der Waals surface area (Å²) >= 11 is 0. The molecule has 27 heavy (non-hydrogen) atoms. The highest BCUT2D eigenvalue weighted by Gasteiger charge is 2.48. The Balaban J connectivity index is 1.60. The van der Waals surface area contributed by atoms with Crippen LogP contribution in [-0.2, 0) is 25.6 Å². The Morgan fingerprint density at radius 3 is 2.37 bits per heavy atom. The predicted octanol–water partition coefficient (Wildman–Crippen LogP) is 0.110. The second-order valence-corrected chi connectivity index (χ2v) is 6.80. The van der Waals surface area contributed by atoms with Gasteiger partial charge in [0.2, 0.25) is 11.8 Å². The molecule has 2 heterocycles. The number of carbonyl (C=O) groups is 5. The maximum absolute atomic E-state index is 12.6. The van der Waals surface area contributed by atoms with Crippen molar-refractivity contribution in [2.45, 2.75) is 38.1 Å².